The molecule has 0 saturated carbocycles. The molecular formula is C15H18N3O2+. The normalized spacial score (nSPS) is 16.3. The minimum absolute atomic E-state index is 0.101. The molecule has 20 heavy (non-hydrogen) atoms. The van der Waals surface area contributed by atoms with Crippen LogP contribution in [0.1, 0.15) is 16.1 Å². The summed E-state index contributed by atoms with van der Waals surface area (Å²) in [5.41, 5.74) is 0.717. The van der Waals surface area contributed by atoms with Gasteiger partial charge in [0, 0.05) is 18.0 Å². The molecule has 3 rings (SSSR count). The third kappa shape index (κ3) is 2.88. The summed E-state index contributed by atoms with van der Waals surface area (Å²) in [6, 6.07) is 7.45. The van der Waals surface area contributed by atoms with E-state index in [4.69, 9.17) is 4.42 Å². The van der Waals surface area contributed by atoms with E-state index >= 15 is 0 Å². The number of hydrogen-bond acceptors (Lipinski definition) is 3. The number of hydrogen-bond donors (Lipinski definition) is 1. The van der Waals surface area contributed by atoms with Gasteiger partial charge in [-0.1, -0.05) is 0 Å². The lowest BCUT2D eigenvalue weighted by Gasteiger charge is -2.31. The van der Waals surface area contributed by atoms with E-state index < -0.39 is 0 Å². The van der Waals surface area contributed by atoms with E-state index in [1.807, 2.05) is 17.0 Å². The maximum atomic E-state index is 12.3. The number of furan rings is 1. The van der Waals surface area contributed by atoms with Gasteiger partial charge >= 0.3 is 0 Å². The molecule has 1 aliphatic rings. The summed E-state index contributed by atoms with van der Waals surface area (Å²) in [7, 11) is 0. The van der Waals surface area contributed by atoms with Gasteiger partial charge in [-0.15, -0.1) is 0 Å². The molecule has 0 radical (unpaired) electrons. The molecule has 3 heterocycles. The third-order valence-electron chi connectivity index (χ3n) is 3.69. The molecule has 0 atom stereocenters. The number of carbonyl (C=O) groups is 1. The van der Waals surface area contributed by atoms with Crippen LogP contribution in [0.25, 0.3) is 0 Å². The molecule has 5 heteroatoms. The summed E-state index contributed by atoms with van der Waals surface area (Å²) in [5.74, 6) is 1.11. The van der Waals surface area contributed by atoms with Gasteiger partial charge in [0.1, 0.15) is 6.54 Å². The summed E-state index contributed by atoms with van der Waals surface area (Å²) in [6.45, 7) is 4.38. The Morgan fingerprint density at radius 3 is 2.65 bits per heavy atom. The average Bonchev–Trinajstić information content (AvgIpc) is 3.01. The largest absolute Gasteiger partial charge is 0.463 e. The molecule has 2 aromatic heterocycles. The van der Waals surface area contributed by atoms with Crippen molar-refractivity contribution in [3.05, 3.63) is 54.2 Å². The van der Waals surface area contributed by atoms with Crippen LogP contribution in [0.5, 0.6) is 0 Å². The van der Waals surface area contributed by atoms with Crippen molar-refractivity contribution in [3.63, 3.8) is 0 Å². The van der Waals surface area contributed by atoms with Gasteiger partial charge in [0.25, 0.3) is 5.91 Å². The highest BCUT2D eigenvalue weighted by Crippen LogP contribution is 2.04. The molecule has 1 aliphatic heterocycles. The minimum Gasteiger partial charge on any atom is -0.463 e. The second kappa shape index (κ2) is 5.88. The first-order valence-electron chi connectivity index (χ1n) is 6.88. The molecule has 0 unspecified atom stereocenters. The van der Waals surface area contributed by atoms with E-state index in [9.17, 15) is 4.79 Å². The zero-order valence-corrected chi connectivity index (χ0v) is 11.3. The number of pyridine rings is 1. The van der Waals surface area contributed by atoms with Gasteiger partial charge in [-0.2, -0.15) is 0 Å². The molecule has 104 valence electrons. The van der Waals surface area contributed by atoms with Gasteiger partial charge in [-0.25, -0.2) is 0 Å². The van der Waals surface area contributed by atoms with E-state index in [1.165, 1.54) is 4.90 Å². The molecule has 0 aromatic carbocycles. The molecule has 0 aliphatic carbocycles. The molecule has 0 bridgehead atoms. The van der Waals surface area contributed by atoms with Crippen molar-refractivity contribution in [3.8, 4) is 0 Å². The fourth-order valence-electron chi connectivity index (χ4n) is 2.54. The summed E-state index contributed by atoms with van der Waals surface area (Å²) in [6.07, 6.45) is 5.02. The highest BCUT2D eigenvalue weighted by molar-refractivity contribution is 5.94. The first kappa shape index (κ1) is 12.9. The zero-order chi connectivity index (χ0) is 13.8. The second-order valence-corrected chi connectivity index (χ2v) is 5.03. The Balaban J connectivity index is 1.55. The highest BCUT2D eigenvalue weighted by atomic mass is 16.3. The Kier molecular flexibility index (Phi) is 3.78. The molecule has 5 nitrogen and oxygen atoms in total. The van der Waals surface area contributed by atoms with Gasteiger partial charge in [0.05, 0.1) is 32.4 Å². The van der Waals surface area contributed by atoms with Crippen molar-refractivity contribution in [1.82, 2.24) is 9.88 Å². The topological polar surface area (TPSA) is 50.8 Å². The van der Waals surface area contributed by atoms with Gasteiger partial charge in [-0.05, 0) is 24.3 Å². The third-order valence-corrected chi connectivity index (χ3v) is 3.69. The van der Waals surface area contributed by atoms with Crippen LogP contribution in [0.3, 0.4) is 0 Å². The van der Waals surface area contributed by atoms with E-state index in [2.05, 4.69) is 4.98 Å². The minimum atomic E-state index is 0.101. The molecule has 2 aromatic rings. The standard InChI is InChI=1S/C15H17N3O2/c19-15(13-3-5-16-6-4-13)18-9-7-17(8-10-18)12-14-2-1-11-20-14/h1-6,11H,7-10,12H2/p+1. The summed E-state index contributed by atoms with van der Waals surface area (Å²) >= 11 is 0. The quantitative estimate of drug-likeness (QED) is 0.869. The Bertz CT molecular complexity index is 546. The van der Waals surface area contributed by atoms with Crippen LogP contribution < -0.4 is 4.90 Å². The number of amides is 1. The number of aromatic nitrogens is 1. The predicted molar refractivity (Wildman–Crippen MR) is 73.2 cm³/mol. The van der Waals surface area contributed by atoms with Crippen molar-refractivity contribution >= 4 is 5.91 Å². The first-order chi connectivity index (χ1) is 9.83. The van der Waals surface area contributed by atoms with E-state index in [0.717, 1.165) is 44.0 Å². The van der Waals surface area contributed by atoms with Crippen LogP contribution >= 0.6 is 0 Å². The lowest BCUT2D eigenvalue weighted by molar-refractivity contribution is -0.918. The van der Waals surface area contributed by atoms with Crippen LogP contribution in [-0.2, 0) is 6.54 Å². The SMILES string of the molecule is O=C(c1ccncc1)N1CC[NH+](Cc2ccco2)CC1. The fraction of sp³-hybridized carbons (Fsp3) is 0.333. The molecule has 1 fully saturated rings. The second-order valence-electron chi connectivity index (χ2n) is 5.03. The van der Waals surface area contributed by atoms with Crippen LogP contribution in [0, 0.1) is 0 Å². The molecule has 1 saturated heterocycles. The number of nitrogens with zero attached hydrogens (tertiary/aromatic N) is 2. The lowest BCUT2D eigenvalue weighted by Crippen LogP contribution is -3.13. The first-order valence-corrected chi connectivity index (χ1v) is 6.88. The fourth-order valence-corrected chi connectivity index (χ4v) is 2.54. The Morgan fingerprint density at radius 1 is 1.25 bits per heavy atom. The summed E-state index contributed by atoms with van der Waals surface area (Å²) in [4.78, 5) is 19.6. The van der Waals surface area contributed by atoms with Crippen molar-refractivity contribution in [2.45, 2.75) is 6.54 Å². The lowest BCUT2D eigenvalue weighted by atomic mass is 10.2. The van der Waals surface area contributed by atoms with Crippen molar-refractivity contribution < 1.29 is 14.1 Å². The average molecular weight is 272 g/mol. The summed E-state index contributed by atoms with van der Waals surface area (Å²) in [5, 5.41) is 0. The monoisotopic (exact) mass is 272 g/mol. The predicted octanol–water partition coefficient (Wildman–Crippen LogP) is 0.216. The number of piperazine rings is 1. The van der Waals surface area contributed by atoms with Crippen LogP contribution in [0.2, 0.25) is 0 Å². The van der Waals surface area contributed by atoms with E-state index in [1.54, 1.807) is 30.8 Å². The number of nitrogens with one attached hydrogen (secondary N) is 1. The van der Waals surface area contributed by atoms with Gasteiger partial charge < -0.3 is 14.2 Å². The maximum absolute atomic E-state index is 12.3. The highest BCUT2D eigenvalue weighted by Gasteiger charge is 2.24. The van der Waals surface area contributed by atoms with Gasteiger partial charge in [0.2, 0.25) is 0 Å². The van der Waals surface area contributed by atoms with Crippen LogP contribution in [0.15, 0.2) is 47.3 Å². The van der Waals surface area contributed by atoms with E-state index in [0.29, 0.717) is 0 Å². The van der Waals surface area contributed by atoms with Gasteiger partial charge in [-0.3, -0.25) is 9.78 Å². The molecule has 1 N–H and O–H groups in total. The Hall–Kier alpha value is -2.14. The summed E-state index contributed by atoms with van der Waals surface area (Å²) < 4.78 is 5.37. The van der Waals surface area contributed by atoms with Crippen molar-refractivity contribution in [2.24, 2.45) is 0 Å². The van der Waals surface area contributed by atoms with Crippen LogP contribution in [-0.4, -0.2) is 42.0 Å². The van der Waals surface area contributed by atoms with Crippen molar-refractivity contribution in [1.29, 1.82) is 0 Å². The Morgan fingerprint density at radius 2 is 2.00 bits per heavy atom. The molecular weight excluding hydrogens is 254 g/mol. The van der Waals surface area contributed by atoms with Crippen LogP contribution in [0.4, 0.5) is 0 Å². The maximum Gasteiger partial charge on any atom is 0.254 e. The molecule has 1 amide bonds. The Labute approximate surface area is 117 Å². The molecule has 0 spiro atoms. The van der Waals surface area contributed by atoms with E-state index in [-0.39, 0.29) is 5.91 Å². The number of carbonyl (C=O) groups excluding carboxylic acids is 1. The smallest absolute Gasteiger partial charge is 0.254 e. The zero-order valence-electron chi connectivity index (χ0n) is 11.3. The number of rotatable bonds is 3. The van der Waals surface area contributed by atoms with Crippen molar-refractivity contribution in [2.75, 3.05) is 26.2 Å². The number of quaternary nitrogens is 1. The van der Waals surface area contributed by atoms with Gasteiger partial charge in [0.15, 0.2) is 5.76 Å².